The summed E-state index contributed by atoms with van der Waals surface area (Å²) < 4.78 is 13.5. The number of nitrogens with zero attached hydrogens (tertiary/aromatic N) is 1. The molecule has 0 heterocycles. The highest BCUT2D eigenvalue weighted by Gasteiger charge is 2.15. The number of halogens is 2. The Labute approximate surface area is 118 Å². The number of carbonyl (C=O) groups excluding carboxylic acids is 1. The van der Waals surface area contributed by atoms with Crippen molar-refractivity contribution in [1.82, 2.24) is 0 Å². The first kappa shape index (κ1) is 14.0. The van der Waals surface area contributed by atoms with E-state index < -0.39 is 16.6 Å². The van der Waals surface area contributed by atoms with Gasteiger partial charge in [0.25, 0.3) is 11.6 Å². The summed E-state index contributed by atoms with van der Waals surface area (Å²) in [6, 6.07) is 9.11. The molecule has 0 bridgehead atoms. The summed E-state index contributed by atoms with van der Waals surface area (Å²) in [7, 11) is 0. The Bertz CT molecular complexity index is 691. The van der Waals surface area contributed by atoms with Gasteiger partial charge in [0.15, 0.2) is 0 Å². The maximum Gasteiger partial charge on any atom is 0.271 e. The van der Waals surface area contributed by atoms with E-state index in [4.69, 9.17) is 11.6 Å². The average molecular weight is 295 g/mol. The number of hydrogen-bond donors (Lipinski definition) is 1. The highest BCUT2D eigenvalue weighted by molar-refractivity contribution is 6.34. The lowest BCUT2D eigenvalue weighted by molar-refractivity contribution is -0.384. The van der Waals surface area contributed by atoms with Crippen LogP contribution in [-0.2, 0) is 0 Å². The van der Waals surface area contributed by atoms with Gasteiger partial charge in [-0.15, -0.1) is 0 Å². The summed E-state index contributed by atoms with van der Waals surface area (Å²) in [5, 5.41) is 13.1. The highest BCUT2D eigenvalue weighted by Crippen LogP contribution is 2.23. The summed E-state index contributed by atoms with van der Waals surface area (Å²) in [6.45, 7) is 0. The molecule has 2 aromatic carbocycles. The summed E-state index contributed by atoms with van der Waals surface area (Å²) in [5.74, 6) is -1.41. The molecule has 20 heavy (non-hydrogen) atoms. The third-order valence-electron chi connectivity index (χ3n) is 2.53. The van der Waals surface area contributed by atoms with Crippen LogP contribution in [0.2, 0.25) is 5.02 Å². The van der Waals surface area contributed by atoms with Gasteiger partial charge in [0.2, 0.25) is 0 Å². The van der Waals surface area contributed by atoms with Crippen molar-refractivity contribution in [2.75, 3.05) is 5.32 Å². The van der Waals surface area contributed by atoms with Gasteiger partial charge >= 0.3 is 0 Å². The molecular weight excluding hydrogens is 287 g/mol. The highest BCUT2D eigenvalue weighted by atomic mass is 35.5. The number of anilines is 1. The van der Waals surface area contributed by atoms with E-state index in [0.717, 1.165) is 18.2 Å². The van der Waals surface area contributed by atoms with Crippen molar-refractivity contribution in [1.29, 1.82) is 0 Å². The van der Waals surface area contributed by atoms with Crippen molar-refractivity contribution in [2.45, 2.75) is 0 Å². The Hall–Kier alpha value is -2.47. The van der Waals surface area contributed by atoms with E-state index in [1.807, 2.05) is 0 Å². The first-order valence-corrected chi connectivity index (χ1v) is 5.86. The number of nitro groups is 1. The van der Waals surface area contributed by atoms with E-state index >= 15 is 0 Å². The van der Waals surface area contributed by atoms with Crippen LogP contribution in [0, 0.1) is 15.9 Å². The topological polar surface area (TPSA) is 72.2 Å². The fraction of sp³-hybridized carbons (Fsp3) is 0. The quantitative estimate of drug-likeness (QED) is 0.694. The summed E-state index contributed by atoms with van der Waals surface area (Å²) >= 11 is 5.84. The van der Waals surface area contributed by atoms with Gasteiger partial charge < -0.3 is 5.32 Å². The molecule has 5 nitrogen and oxygen atoms in total. The molecule has 2 aromatic rings. The molecule has 0 aromatic heterocycles. The second-order valence-corrected chi connectivity index (χ2v) is 4.26. The zero-order chi connectivity index (χ0) is 14.7. The Morgan fingerprint density at radius 3 is 2.60 bits per heavy atom. The molecular formula is C13H8ClFN2O3. The maximum absolute atomic E-state index is 13.5. The van der Waals surface area contributed by atoms with E-state index in [1.165, 1.54) is 12.1 Å². The standard InChI is InChI=1S/C13H8ClFN2O3/c14-10-4-2-1-3-9(10)13(18)16-12-7-8(17(19)20)5-6-11(12)15/h1-7H,(H,16,18). The number of non-ortho nitro benzene ring substituents is 1. The molecule has 102 valence electrons. The number of nitrogens with one attached hydrogen (secondary N) is 1. The second kappa shape index (κ2) is 5.66. The molecule has 0 aliphatic carbocycles. The average Bonchev–Trinajstić information content (AvgIpc) is 2.41. The molecule has 1 N–H and O–H groups in total. The van der Waals surface area contributed by atoms with Gasteiger partial charge in [-0.1, -0.05) is 23.7 Å². The van der Waals surface area contributed by atoms with E-state index in [9.17, 15) is 19.3 Å². The number of nitro benzene ring substituents is 1. The van der Waals surface area contributed by atoms with Crippen LogP contribution < -0.4 is 5.32 Å². The van der Waals surface area contributed by atoms with Crippen LogP contribution in [0.3, 0.4) is 0 Å². The summed E-state index contributed by atoms with van der Waals surface area (Å²) in [5.41, 5.74) is -0.440. The molecule has 0 saturated heterocycles. The second-order valence-electron chi connectivity index (χ2n) is 3.86. The third kappa shape index (κ3) is 2.92. The van der Waals surface area contributed by atoms with Gasteiger partial charge in [0, 0.05) is 12.1 Å². The predicted molar refractivity (Wildman–Crippen MR) is 72.5 cm³/mol. The molecule has 1 amide bonds. The number of rotatable bonds is 3. The predicted octanol–water partition coefficient (Wildman–Crippen LogP) is 3.64. The third-order valence-corrected chi connectivity index (χ3v) is 2.86. The van der Waals surface area contributed by atoms with Gasteiger partial charge in [0.05, 0.1) is 21.2 Å². The number of amides is 1. The van der Waals surface area contributed by atoms with Crippen LogP contribution >= 0.6 is 11.6 Å². The van der Waals surface area contributed by atoms with Gasteiger partial charge in [-0.3, -0.25) is 14.9 Å². The number of benzene rings is 2. The molecule has 2 rings (SSSR count). The lowest BCUT2D eigenvalue weighted by Crippen LogP contribution is -2.13. The molecule has 0 radical (unpaired) electrons. The van der Waals surface area contributed by atoms with Crippen molar-refractivity contribution >= 4 is 28.9 Å². The molecule has 0 unspecified atom stereocenters. The van der Waals surface area contributed by atoms with E-state index in [0.29, 0.717) is 0 Å². The fourth-order valence-electron chi connectivity index (χ4n) is 1.56. The number of hydrogen-bond acceptors (Lipinski definition) is 3. The first-order chi connectivity index (χ1) is 9.49. The van der Waals surface area contributed by atoms with Crippen molar-refractivity contribution in [2.24, 2.45) is 0 Å². The van der Waals surface area contributed by atoms with Crippen LogP contribution in [0.15, 0.2) is 42.5 Å². The van der Waals surface area contributed by atoms with Crippen molar-refractivity contribution < 1.29 is 14.1 Å². The van der Waals surface area contributed by atoms with Gasteiger partial charge in [-0.2, -0.15) is 0 Å². The molecule has 0 aliphatic heterocycles. The largest absolute Gasteiger partial charge is 0.319 e. The molecule has 0 saturated carbocycles. The van der Waals surface area contributed by atoms with Crippen LogP contribution in [-0.4, -0.2) is 10.8 Å². The molecule has 0 atom stereocenters. The molecule has 0 fully saturated rings. The fourth-order valence-corrected chi connectivity index (χ4v) is 1.78. The van der Waals surface area contributed by atoms with Gasteiger partial charge in [-0.25, -0.2) is 4.39 Å². The van der Waals surface area contributed by atoms with Crippen LogP contribution in [0.4, 0.5) is 15.8 Å². The van der Waals surface area contributed by atoms with Crippen molar-refractivity contribution in [3.05, 3.63) is 69.0 Å². The smallest absolute Gasteiger partial charge is 0.271 e. The molecule has 7 heteroatoms. The number of carbonyl (C=O) groups is 1. The van der Waals surface area contributed by atoms with Gasteiger partial charge in [0.1, 0.15) is 5.82 Å². The molecule has 0 aliphatic rings. The zero-order valence-electron chi connectivity index (χ0n) is 9.97. The first-order valence-electron chi connectivity index (χ1n) is 5.49. The lowest BCUT2D eigenvalue weighted by Gasteiger charge is -2.07. The van der Waals surface area contributed by atoms with Crippen molar-refractivity contribution in [3.63, 3.8) is 0 Å². The minimum atomic E-state index is -0.768. The van der Waals surface area contributed by atoms with E-state index in [2.05, 4.69) is 5.32 Å². The maximum atomic E-state index is 13.5. The lowest BCUT2D eigenvalue weighted by atomic mass is 10.2. The minimum Gasteiger partial charge on any atom is -0.319 e. The minimum absolute atomic E-state index is 0.153. The summed E-state index contributed by atoms with van der Waals surface area (Å²) in [6.07, 6.45) is 0. The van der Waals surface area contributed by atoms with E-state index in [-0.39, 0.29) is 22.0 Å². The van der Waals surface area contributed by atoms with E-state index in [1.54, 1.807) is 12.1 Å². The van der Waals surface area contributed by atoms with Crippen molar-refractivity contribution in [3.8, 4) is 0 Å². The van der Waals surface area contributed by atoms with Crippen LogP contribution in [0.25, 0.3) is 0 Å². The van der Waals surface area contributed by atoms with Crippen LogP contribution in [0.5, 0.6) is 0 Å². The van der Waals surface area contributed by atoms with Gasteiger partial charge in [-0.05, 0) is 18.2 Å². The Balaban J connectivity index is 2.30. The Morgan fingerprint density at radius 1 is 1.25 bits per heavy atom. The molecule has 0 spiro atoms. The SMILES string of the molecule is O=C(Nc1cc([N+](=O)[O-])ccc1F)c1ccccc1Cl. The Morgan fingerprint density at radius 2 is 1.95 bits per heavy atom. The van der Waals surface area contributed by atoms with Crippen LogP contribution in [0.1, 0.15) is 10.4 Å². The summed E-state index contributed by atoms with van der Waals surface area (Å²) in [4.78, 5) is 21.9. The monoisotopic (exact) mass is 294 g/mol. The normalized spacial score (nSPS) is 10.1. The Kier molecular flexibility index (Phi) is 3.95. The zero-order valence-corrected chi connectivity index (χ0v) is 10.7.